The quantitative estimate of drug-likeness (QED) is 0.297. The summed E-state index contributed by atoms with van der Waals surface area (Å²) in [5, 5.41) is -0.925. The molecule has 0 bridgehead atoms. The SMILES string of the molecule is CCCCCCCCCCCCC1(c2ccccc2)C=CC=CC1S(=O)(=O)O. The zero-order valence-corrected chi connectivity index (χ0v) is 18.0. The van der Waals surface area contributed by atoms with Gasteiger partial charge in [-0.1, -0.05) is 126 Å². The lowest BCUT2D eigenvalue weighted by Crippen LogP contribution is -2.43. The molecule has 2 unspecified atom stereocenters. The summed E-state index contributed by atoms with van der Waals surface area (Å²) in [7, 11) is -4.18. The Morgan fingerprint density at radius 2 is 1.43 bits per heavy atom. The highest BCUT2D eigenvalue weighted by Crippen LogP contribution is 2.41. The van der Waals surface area contributed by atoms with Crippen molar-refractivity contribution in [2.45, 2.75) is 88.2 Å². The van der Waals surface area contributed by atoms with E-state index in [9.17, 15) is 13.0 Å². The van der Waals surface area contributed by atoms with E-state index in [0.29, 0.717) is 0 Å². The second kappa shape index (κ2) is 11.6. The molecule has 1 aliphatic rings. The third-order valence-corrected chi connectivity index (χ3v) is 7.09. The van der Waals surface area contributed by atoms with Gasteiger partial charge in [0.2, 0.25) is 0 Å². The molecule has 3 nitrogen and oxygen atoms in total. The monoisotopic (exact) mass is 404 g/mol. The number of allylic oxidation sites excluding steroid dienone is 3. The number of rotatable bonds is 13. The standard InChI is InChI=1S/C24H36O3S/c1-2-3-4-5-6-7-8-9-10-15-20-24(22-17-12-11-13-18-22)21-16-14-19-23(24)28(25,26)27/h11-14,16-19,21,23H,2-10,15,20H2,1H3,(H,25,26,27). The zero-order chi connectivity index (χ0) is 20.3. The molecule has 0 saturated heterocycles. The first-order chi connectivity index (χ1) is 13.5. The van der Waals surface area contributed by atoms with E-state index in [1.807, 2.05) is 42.5 Å². The van der Waals surface area contributed by atoms with E-state index >= 15 is 0 Å². The first-order valence-electron chi connectivity index (χ1n) is 10.9. The van der Waals surface area contributed by atoms with Gasteiger partial charge >= 0.3 is 0 Å². The Hall–Kier alpha value is -1.39. The van der Waals surface area contributed by atoms with E-state index < -0.39 is 20.8 Å². The fourth-order valence-corrected chi connectivity index (χ4v) is 5.46. The van der Waals surface area contributed by atoms with Crippen molar-refractivity contribution in [3.05, 3.63) is 60.2 Å². The maximum atomic E-state index is 12.1. The highest BCUT2D eigenvalue weighted by Gasteiger charge is 2.44. The van der Waals surface area contributed by atoms with Gasteiger partial charge in [-0.25, -0.2) is 0 Å². The summed E-state index contributed by atoms with van der Waals surface area (Å²) in [6.07, 6.45) is 20.4. The number of hydrogen-bond donors (Lipinski definition) is 1. The van der Waals surface area contributed by atoms with Gasteiger partial charge in [0.05, 0.1) is 0 Å². The fourth-order valence-electron chi connectivity index (χ4n) is 4.31. The van der Waals surface area contributed by atoms with Crippen LogP contribution in [0, 0.1) is 0 Å². The molecule has 4 heteroatoms. The van der Waals surface area contributed by atoms with Crippen LogP contribution in [0.25, 0.3) is 0 Å². The lowest BCUT2D eigenvalue weighted by molar-refractivity contribution is 0.410. The van der Waals surface area contributed by atoms with Crippen LogP contribution in [0.15, 0.2) is 54.6 Å². The second-order valence-electron chi connectivity index (χ2n) is 8.02. The Kier molecular flexibility index (Phi) is 9.46. The van der Waals surface area contributed by atoms with Crippen LogP contribution >= 0.6 is 0 Å². The zero-order valence-electron chi connectivity index (χ0n) is 17.2. The van der Waals surface area contributed by atoms with Crippen LogP contribution in [0.3, 0.4) is 0 Å². The van der Waals surface area contributed by atoms with E-state index in [1.165, 1.54) is 51.4 Å². The summed E-state index contributed by atoms with van der Waals surface area (Å²) in [5.74, 6) is 0. The summed E-state index contributed by atoms with van der Waals surface area (Å²) in [6.45, 7) is 2.24. The number of hydrogen-bond acceptors (Lipinski definition) is 2. The van der Waals surface area contributed by atoms with Crippen LogP contribution in [-0.4, -0.2) is 18.2 Å². The molecule has 2 rings (SSSR count). The molecule has 156 valence electrons. The molecule has 1 aliphatic carbocycles. The van der Waals surface area contributed by atoms with E-state index in [-0.39, 0.29) is 0 Å². The summed E-state index contributed by atoms with van der Waals surface area (Å²) in [6, 6.07) is 9.74. The number of unbranched alkanes of at least 4 members (excludes halogenated alkanes) is 9. The highest BCUT2D eigenvalue weighted by molar-refractivity contribution is 7.86. The van der Waals surface area contributed by atoms with Gasteiger partial charge in [-0.05, 0) is 12.0 Å². The van der Waals surface area contributed by atoms with Crippen LogP contribution in [-0.2, 0) is 15.5 Å². The average Bonchev–Trinajstić information content (AvgIpc) is 2.69. The third kappa shape index (κ3) is 6.59. The third-order valence-electron chi connectivity index (χ3n) is 5.87. The van der Waals surface area contributed by atoms with Crippen LogP contribution in [0.5, 0.6) is 0 Å². The second-order valence-corrected chi connectivity index (χ2v) is 9.56. The average molecular weight is 405 g/mol. The van der Waals surface area contributed by atoms with E-state index in [0.717, 1.165) is 24.8 Å². The molecule has 0 aromatic heterocycles. The lowest BCUT2D eigenvalue weighted by Gasteiger charge is -2.37. The summed E-state index contributed by atoms with van der Waals surface area (Å²) < 4.78 is 34.1. The molecule has 0 aliphatic heterocycles. The summed E-state index contributed by atoms with van der Waals surface area (Å²) >= 11 is 0. The molecular weight excluding hydrogens is 368 g/mol. The lowest BCUT2D eigenvalue weighted by atomic mass is 9.71. The first kappa shape index (κ1) is 22.9. The topological polar surface area (TPSA) is 54.4 Å². The fraction of sp³-hybridized carbons (Fsp3) is 0.583. The van der Waals surface area contributed by atoms with Gasteiger partial charge < -0.3 is 0 Å². The molecule has 1 N–H and O–H groups in total. The van der Waals surface area contributed by atoms with Crippen molar-refractivity contribution in [1.82, 2.24) is 0 Å². The van der Waals surface area contributed by atoms with Gasteiger partial charge in [0.1, 0.15) is 5.25 Å². The van der Waals surface area contributed by atoms with Gasteiger partial charge in [0, 0.05) is 5.41 Å². The maximum Gasteiger partial charge on any atom is 0.272 e. The van der Waals surface area contributed by atoms with Crippen LogP contribution in [0.2, 0.25) is 0 Å². The van der Waals surface area contributed by atoms with Gasteiger partial charge in [-0.15, -0.1) is 0 Å². The first-order valence-corrected chi connectivity index (χ1v) is 12.4. The summed E-state index contributed by atoms with van der Waals surface area (Å²) in [4.78, 5) is 0. The maximum absolute atomic E-state index is 12.1. The minimum Gasteiger partial charge on any atom is -0.285 e. The molecule has 2 atom stereocenters. The van der Waals surface area contributed by atoms with Gasteiger partial charge in [-0.3, -0.25) is 4.55 Å². The Morgan fingerprint density at radius 1 is 0.857 bits per heavy atom. The Labute approximate surface area is 171 Å². The highest BCUT2D eigenvalue weighted by atomic mass is 32.2. The molecule has 1 aromatic rings. The van der Waals surface area contributed by atoms with Crippen molar-refractivity contribution in [3.8, 4) is 0 Å². The minimum absolute atomic E-state index is 0.691. The predicted octanol–water partition coefficient (Wildman–Crippen LogP) is 6.62. The Balaban J connectivity index is 1.92. The van der Waals surface area contributed by atoms with Gasteiger partial charge in [0.15, 0.2) is 0 Å². The molecule has 0 saturated carbocycles. The molecule has 0 spiro atoms. The van der Waals surface area contributed by atoms with Crippen molar-refractivity contribution in [3.63, 3.8) is 0 Å². The van der Waals surface area contributed by atoms with Crippen LogP contribution in [0.1, 0.15) is 83.1 Å². The van der Waals surface area contributed by atoms with Crippen molar-refractivity contribution in [1.29, 1.82) is 0 Å². The van der Waals surface area contributed by atoms with Gasteiger partial charge in [0.25, 0.3) is 10.1 Å². The van der Waals surface area contributed by atoms with E-state index in [4.69, 9.17) is 0 Å². The Morgan fingerprint density at radius 3 is 2.00 bits per heavy atom. The summed E-state index contributed by atoms with van der Waals surface area (Å²) in [5.41, 5.74) is 0.262. The molecule has 0 radical (unpaired) electrons. The van der Waals surface area contributed by atoms with Gasteiger partial charge in [-0.2, -0.15) is 8.42 Å². The molecule has 0 heterocycles. The largest absolute Gasteiger partial charge is 0.285 e. The van der Waals surface area contributed by atoms with Crippen molar-refractivity contribution in [2.75, 3.05) is 0 Å². The van der Waals surface area contributed by atoms with Crippen LogP contribution < -0.4 is 0 Å². The molecule has 1 aromatic carbocycles. The predicted molar refractivity (Wildman–Crippen MR) is 118 cm³/mol. The van der Waals surface area contributed by atoms with Crippen molar-refractivity contribution in [2.24, 2.45) is 0 Å². The van der Waals surface area contributed by atoms with Crippen molar-refractivity contribution >= 4 is 10.1 Å². The molecular formula is C24H36O3S. The normalized spacial score (nSPS) is 21.9. The minimum atomic E-state index is -4.18. The van der Waals surface area contributed by atoms with Crippen LogP contribution in [0.4, 0.5) is 0 Å². The van der Waals surface area contributed by atoms with E-state index in [1.54, 1.807) is 12.2 Å². The van der Waals surface area contributed by atoms with Crippen molar-refractivity contribution < 1.29 is 13.0 Å². The number of benzene rings is 1. The molecule has 0 amide bonds. The molecule has 0 fully saturated rings. The smallest absolute Gasteiger partial charge is 0.272 e. The van der Waals surface area contributed by atoms with E-state index in [2.05, 4.69) is 6.92 Å². The Bertz CT molecular complexity index is 721. The molecule has 28 heavy (non-hydrogen) atoms.